The molecule has 0 aliphatic carbocycles. The summed E-state index contributed by atoms with van der Waals surface area (Å²) >= 11 is 0.383. The highest BCUT2D eigenvalue weighted by Gasteiger charge is 2.40. The summed E-state index contributed by atoms with van der Waals surface area (Å²) in [6.45, 7) is 0. The number of thiazole rings is 1. The predicted octanol–water partition coefficient (Wildman–Crippen LogP) is 3.69. The first-order valence-corrected chi connectivity index (χ1v) is 7.07. The number of nitro benzene ring substituents is 1. The summed E-state index contributed by atoms with van der Waals surface area (Å²) < 4.78 is 40.1. The number of nitro groups is 1. The van der Waals surface area contributed by atoms with Crippen molar-refractivity contribution >= 4 is 28.0 Å². The van der Waals surface area contributed by atoms with Gasteiger partial charge >= 0.3 is 12.1 Å². The van der Waals surface area contributed by atoms with Crippen molar-refractivity contribution in [2.75, 3.05) is 0 Å². The molecule has 2 aromatic heterocycles. The van der Waals surface area contributed by atoms with E-state index in [1.165, 1.54) is 24.3 Å². The van der Waals surface area contributed by atoms with E-state index in [0.717, 1.165) is 6.20 Å². The lowest BCUT2D eigenvalue weighted by Crippen LogP contribution is -2.13. The SMILES string of the molecule is O=C(O)c1sc2nc(-c3cccc([N+](=O)[O-])c3)cn2c1C(F)(F)F. The fraction of sp³-hybridized carbons (Fsp3) is 0.0769. The van der Waals surface area contributed by atoms with E-state index < -0.39 is 27.6 Å². The molecular formula is C13H6F3N3O4S. The second kappa shape index (κ2) is 5.30. The van der Waals surface area contributed by atoms with Crippen molar-refractivity contribution in [3.05, 3.63) is 51.1 Å². The Morgan fingerprint density at radius 1 is 1.38 bits per heavy atom. The van der Waals surface area contributed by atoms with Crippen LogP contribution in [0.2, 0.25) is 0 Å². The van der Waals surface area contributed by atoms with Crippen LogP contribution >= 0.6 is 11.3 Å². The molecule has 1 N–H and O–H groups in total. The number of hydrogen-bond donors (Lipinski definition) is 1. The van der Waals surface area contributed by atoms with E-state index in [0.29, 0.717) is 15.7 Å². The Labute approximate surface area is 134 Å². The number of rotatable bonds is 3. The number of non-ortho nitro benzene ring substituents is 1. The number of halogens is 3. The zero-order chi connectivity index (χ0) is 17.6. The average molecular weight is 357 g/mol. The van der Waals surface area contributed by atoms with Crippen molar-refractivity contribution in [1.82, 2.24) is 9.38 Å². The third kappa shape index (κ3) is 2.58. The monoisotopic (exact) mass is 357 g/mol. The topological polar surface area (TPSA) is 97.7 Å². The predicted molar refractivity (Wildman–Crippen MR) is 77.1 cm³/mol. The lowest BCUT2D eigenvalue weighted by molar-refractivity contribution is -0.384. The Morgan fingerprint density at radius 2 is 2.08 bits per heavy atom. The van der Waals surface area contributed by atoms with Gasteiger partial charge in [0.05, 0.1) is 10.6 Å². The maximum atomic E-state index is 13.2. The number of nitrogens with zero attached hydrogens (tertiary/aromatic N) is 3. The molecule has 0 radical (unpaired) electrons. The lowest BCUT2D eigenvalue weighted by Gasteiger charge is -2.06. The fourth-order valence-electron chi connectivity index (χ4n) is 2.17. The van der Waals surface area contributed by atoms with Crippen LogP contribution < -0.4 is 0 Å². The molecule has 3 aromatic rings. The molecule has 124 valence electrons. The molecule has 0 amide bonds. The Hall–Kier alpha value is -2.95. The van der Waals surface area contributed by atoms with Crippen LogP contribution in [0, 0.1) is 10.1 Å². The summed E-state index contributed by atoms with van der Waals surface area (Å²) in [5.74, 6) is -1.70. The van der Waals surface area contributed by atoms with Gasteiger partial charge in [0.2, 0.25) is 0 Å². The maximum absolute atomic E-state index is 13.2. The van der Waals surface area contributed by atoms with Crippen LogP contribution in [-0.4, -0.2) is 25.4 Å². The Bertz CT molecular complexity index is 977. The number of imidazole rings is 1. The van der Waals surface area contributed by atoms with Gasteiger partial charge in [-0.15, -0.1) is 0 Å². The first kappa shape index (κ1) is 15.9. The first-order chi connectivity index (χ1) is 11.2. The molecule has 0 aliphatic heterocycles. The molecule has 0 atom stereocenters. The Balaban J connectivity index is 2.20. The van der Waals surface area contributed by atoms with Crippen molar-refractivity contribution < 1.29 is 28.0 Å². The van der Waals surface area contributed by atoms with Crippen LogP contribution in [0.3, 0.4) is 0 Å². The van der Waals surface area contributed by atoms with Gasteiger partial charge in [-0.05, 0) is 0 Å². The number of carbonyl (C=O) groups is 1. The van der Waals surface area contributed by atoms with Gasteiger partial charge in [0.1, 0.15) is 4.88 Å². The molecule has 0 unspecified atom stereocenters. The van der Waals surface area contributed by atoms with Gasteiger partial charge < -0.3 is 5.11 Å². The van der Waals surface area contributed by atoms with Gasteiger partial charge in [-0.25, -0.2) is 9.78 Å². The van der Waals surface area contributed by atoms with E-state index >= 15 is 0 Å². The first-order valence-electron chi connectivity index (χ1n) is 6.25. The van der Waals surface area contributed by atoms with E-state index in [-0.39, 0.29) is 21.9 Å². The Kier molecular flexibility index (Phi) is 3.52. The molecule has 3 rings (SSSR count). The summed E-state index contributed by atoms with van der Waals surface area (Å²) in [6.07, 6.45) is -3.87. The van der Waals surface area contributed by atoms with E-state index in [1.807, 2.05) is 0 Å². The van der Waals surface area contributed by atoms with Gasteiger partial charge in [0, 0.05) is 23.9 Å². The van der Waals surface area contributed by atoms with E-state index in [1.54, 1.807) is 0 Å². The summed E-state index contributed by atoms with van der Waals surface area (Å²) in [6, 6.07) is 5.27. The number of fused-ring (bicyclic) bond motifs is 1. The second-order valence-corrected chi connectivity index (χ2v) is 5.65. The molecule has 0 saturated carbocycles. The van der Waals surface area contributed by atoms with Crippen molar-refractivity contribution in [1.29, 1.82) is 0 Å². The van der Waals surface area contributed by atoms with E-state index in [9.17, 15) is 28.1 Å². The molecule has 2 heterocycles. The molecule has 1 aromatic carbocycles. The molecule has 0 spiro atoms. The van der Waals surface area contributed by atoms with Gasteiger partial charge in [-0.3, -0.25) is 14.5 Å². The van der Waals surface area contributed by atoms with Gasteiger partial charge in [0.25, 0.3) is 5.69 Å². The quantitative estimate of drug-likeness (QED) is 0.569. The van der Waals surface area contributed by atoms with Gasteiger partial charge in [0.15, 0.2) is 10.7 Å². The van der Waals surface area contributed by atoms with Crippen molar-refractivity contribution in [3.63, 3.8) is 0 Å². The van der Waals surface area contributed by atoms with E-state index in [4.69, 9.17) is 5.11 Å². The highest BCUT2D eigenvalue weighted by Crippen LogP contribution is 2.38. The minimum absolute atomic E-state index is 0.0763. The summed E-state index contributed by atoms with van der Waals surface area (Å²) in [5.41, 5.74) is -1.23. The van der Waals surface area contributed by atoms with Crippen LogP contribution in [0.1, 0.15) is 15.4 Å². The highest BCUT2D eigenvalue weighted by atomic mass is 32.1. The van der Waals surface area contributed by atoms with Crippen LogP contribution in [0.4, 0.5) is 18.9 Å². The molecule has 7 nitrogen and oxygen atoms in total. The molecule has 0 saturated heterocycles. The highest BCUT2D eigenvalue weighted by molar-refractivity contribution is 7.19. The number of benzene rings is 1. The maximum Gasteiger partial charge on any atom is 0.433 e. The zero-order valence-electron chi connectivity index (χ0n) is 11.4. The number of hydrogen-bond acceptors (Lipinski definition) is 5. The normalized spacial score (nSPS) is 11.8. The zero-order valence-corrected chi connectivity index (χ0v) is 12.3. The van der Waals surface area contributed by atoms with E-state index in [2.05, 4.69) is 4.98 Å². The Morgan fingerprint density at radius 3 is 2.67 bits per heavy atom. The standard InChI is InChI=1S/C13H6F3N3O4S/c14-13(15,16)10-9(11(20)21)24-12-17-8(5-18(10)12)6-2-1-3-7(4-6)19(22)23/h1-5H,(H,20,21). The largest absolute Gasteiger partial charge is 0.477 e. The van der Waals surface area contributed by atoms with Gasteiger partial charge in [-0.2, -0.15) is 13.2 Å². The smallest absolute Gasteiger partial charge is 0.433 e. The third-order valence-electron chi connectivity index (χ3n) is 3.14. The molecule has 0 fully saturated rings. The van der Waals surface area contributed by atoms with Crippen molar-refractivity contribution in [2.24, 2.45) is 0 Å². The minimum atomic E-state index is -4.88. The summed E-state index contributed by atoms with van der Waals surface area (Å²) in [5, 5.41) is 19.7. The van der Waals surface area contributed by atoms with Crippen LogP contribution in [0.25, 0.3) is 16.2 Å². The third-order valence-corrected chi connectivity index (χ3v) is 4.18. The number of carboxylic acid groups (broad SMARTS) is 1. The minimum Gasteiger partial charge on any atom is -0.477 e. The molecule has 11 heteroatoms. The summed E-state index contributed by atoms with van der Waals surface area (Å²) in [7, 11) is 0. The van der Waals surface area contributed by atoms with Crippen LogP contribution in [0.5, 0.6) is 0 Å². The molecule has 24 heavy (non-hydrogen) atoms. The number of alkyl halides is 3. The lowest BCUT2D eigenvalue weighted by atomic mass is 10.1. The molecule has 0 aliphatic rings. The van der Waals surface area contributed by atoms with Crippen molar-refractivity contribution in [2.45, 2.75) is 6.18 Å². The number of aromatic nitrogens is 2. The number of aromatic carboxylic acids is 1. The average Bonchev–Trinajstić information content (AvgIpc) is 3.03. The molecular weight excluding hydrogens is 351 g/mol. The van der Waals surface area contributed by atoms with Gasteiger partial charge in [-0.1, -0.05) is 23.5 Å². The van der Waals surface area contributed by atoms with Crippen molar-refractivity contribution in [3.8, 4) is 11.3 Å². The van der Waals surface area contributed by atoms with Crippen LogP contribution in [0.15, 0.2) is 30.5 Å². The van der Waals surface area contributed by atoms with Crippen LogP contribution in [-0.2, 0) is 6.18 Å². The summed E-state index contributed by atoms with van der Waals surface area (Å²) in [4.78, 5) is 24.1. The fourth-order valence-corrected chi connectivity index (χ4v) is 3.14. The number of carboxylic acids is 1. The molecule has 0 bridgehead atoms. The second-order valence-electron chi connectivity index (χ2n) is 4.67.